The normalized spacial score (nSPS) is 20.4. The van der Waals surface area contributed by atoms with Crippen LogP contribution in [0.4, 0.5) is 0 Å². The minimum absolute atomic E-state index is 0.0171. The topological polar surface area (TPSA) is 147 Å². The van der Waals surface area contributed by atoms with Gasteiger partial charge < -0.3 is 25.3 Å². The van der Waals surface area contributed by atoms with Crippen LogP contribution in [0.25, 0.3) is 0 Å². The first-order valence-electron chi connectivity index (χ1n) is 14.4. The van der Waals surface area contributed by atoms with E-state index in [2.05, 4.69) is 25.9 Å². The molecule has 1 fully saturated rings. The lowest BCUT2D eigenvalue weighted by Crippen LogP contribution is -2.45. The van der Waals surface area contributed by atoms with E-state index >= 15 is 0 Å². The molecule has 1 aliphatic heterocycles. The van der Waals surface area contributed by atoms with E-state index in [9.17, 15) is 19.2 Å². The summed E-state index contributed by atoms with van der Waals surface area (Å²) < 4.78 is 5.68. The molecule has 2 aromatic heterocycles. The number of nitrogens with zero attached hydrogens (tertiary/aromatic N) is 3. The summed E-state index contributed by atoms with van der Waals surface area (Å²) in [5, 5.41) is 11.0. The van der Waals surface area contributed by atoms with Crippen molar-refractivity contribution < 1.29 is 23.6 Å². The van der Waals surface area contributed by atoms with Crippen molar-refractivity contribution in [3.05, 3.63) is 69.8 Å². The van der Waals surface area contributed by atoms with Gasteiger partial charge in [-0.2, -0.15) is 0 Å². The molecule has 1 aliphatic carbocycles. The Morgan fingerprint density at radius 3 is 2.60 bits per heavy atom. The lowest BCUT2D eigenvalue weighted by Gasteiger charge is -2.25. The Labute approximate surface area is 248 Å². The Morgan fingerprint density at radius 1 is 1.07 bits per heavy atom. The molecule has 0 spiro atoms. The van der Waals surface area contributed by atoms with Gasteiger partial charge in [0.2, 0.25) is 17.7 Å². The molecule has 11 nitrogen and oxygen atoms in total. The second-order valence-corrected chi connectivity index (χ2v) is 12.1. The number of rotatable bonds is 6. The van der Waals surface area contributed by atoms with Crippen molar-refractivity contribution in [1.82, 2.24) is 30.8 Å². The summed E-state index contributed by atoms with van der Waals surface area (Å²) in [5.41, 5.74) is 1.20. The largest absolute Gasteiger partial charge is 0.446 e. The molecule has 4 bridgehead atoms. The van der Waals surface area contributed by atoms with Crippen LogP contribution in [0.15, 0.2) is 46.4 Å². The Bertz CT molecular complexity index is 1420. The maximum absolute atomic E-state index is 13.3. The van der Waals surface area contributed by atoms with Crippen molar-refractivity contribution in [3.63, 3.8) is 0 Å². The number of carbonyl (C=O) groups excluding carboxylic acids is 4. The van der Waals surface area contributed by atoms with Gasteiger partial charge in [0.1, 0.15) is 23.0 Å². The number of aromatic nitrogens is 2. The zero-order chi connectivity index (χ0) is 29.6. The average Bonchev–Trinajstić information content (AvgIpc) is 3.44. The van der Waals surface area contributed by atoms with Crippen LogP contribution in [0.3, 0.4) is 0 Å². The Morgan fingerprint density at radius 2 is 1.86 bits per heavy atom. The summed E-state index contributed by atoms with van der Waals surface area (Å²) in [6.45, 7) is 4.09. The second kappa shape index (κ2) is 13.3. The zero-order valence-electron chi connectivity index (χ0n) is 23.8. The van der Waals surface area contributed by atoms with Crippen LogP contribution in [-0.4, -0.2) is 58.1 Å². The van der Waals surface area contributed by atoms with E-state index in [1.165, 1.54) is 22.5 Å². The molecule has 1 saturated carbocycles. The van der Waals surface area contributed by atoms with E-state index in [4.69, 9.17) is 4.42 Å². The molecule has 0 unspecified atom stereocenters. The van der Waals surface area contributed by atoms with Gasteiger partial charge >= 0.3 is 0 Å². The summed E-state index contributed by atoms with van der Waals surface area (Å²) in [4.78, 5) is 63.0. The van der Waals surface area contributed by atoms with Gasteiger partial charge in [0.25, 0.3) is 11.8 Å². The second-order valence-electron chi connectivity index (χ2n) is 11.2. The third-order valence-electron chi connectivity index (χ3n) is 7.46. The number of hydrogen-bond donors (Lipinski definition) is 3. The number of carbonyl (C=O) groups is 4. The fourth-order valence-electron chi connectivity index (χ4n) is 4.85. The molecular weight excluding hydrogens is 556 g/mol. The number of nitrogens with one attached hydrogen (secondary N) is 3. The number of benzene rings is 1. The van der Waals surface area contributed by atoms with E-state index in [1.54, 1.807) is 5.38 Å². The standard InChI is InChI=1S/C30H36N6O5S/c1-18(2)26-30-34-23(17-42-30)28(40)32-21(14-20-6-4-3-5-7-20)29-33-22(16-41-29)27(39)31-12-13-36(15-24(37)35-26)25(38)11-10-19-8-9-19/h3-7,16-19,21,26H,8-15H2,1-2H3,(H,31,39)(H,32,40)(H,35,37)/t21-,26-/m0/s1. The lowest BCUT2D eigenvalue weighted by atomic mass is 10.0. The minimum Gasteiger partial charge on any atom is -0.446 e. The number of oxazole rings is 1. The maximum atomic E-state index is 13.3. The molecule has 12 heteroatoms. The summed E-state index contributed by atoms with van der Waals surface area (Å²) in [7, 11) is 0. The highest BCUT2D eigenvalue weighted by Crippen LogP contribution is 2.33. The highest BCUT2D eigenvalue weighted by Gasteiger charge is 2.29. The van der Waals surface area contributed by atoms with Crippen molar-refractivity contribution in [1.29, 1.82) is 0 Å². The van der Waals surface area contributed by atoms with Gasteiger partial charge in [-0.25, -0.2) is 9.97 Å². The summed E-state index contributed by atoms with van der Waals surface area (Å²) in [5.74, 6) is -0.598. The molecule has 42 heavy (non-hydrogen) atoms. The van der Waals surface area contributed by atoms with Crippen molar-refractivity contribution in [2.24, 2.45) is 11.8 Å². The fourth-order valence-corrected chi connectivity index (χ4v) is 5.87. The molecule has 3 N–H and O–H groups in total. The first-order chi connectivity index (χ1) is 20.3. The Hall–Kier alpha value is -4.06. The van der Waals surface area contributed by atoms with Crippen LogP contribution < -0.4 is 16.0 Å². The van der Waals surface area contributed by atoms with Crippen LogP contribution in [0.2, 0.25) is 0 Å². The molecular formula is C30H36N6O5S. The van der Waals surface area contributed by atoms with Gasteiger partial charge in [-0.3, -0.25) is 19.2 Å². The molecule has 2 atom stereocenters. The Balaban J connectivity index is 1.42. The van der Waals surface area contributed by atoms with Crippen LogP contribution in [0.5, 0.6) is 0 Å². The minimum atomic E-state index is -0.661. The van der Waals surface area contributed by atoms with Crippen molar-refractivity contribution >= 4 is 35.0 Å². The first-order valence-corrected chi connectivity index (χ1v) is 15.3. The monoisotopic (exact) mass is 592 g/mol. The molecule has 3 heterocycles. The van der Waals surface area contributed by atoms with E-state index in [1.807, 2.05) is 44.2 Å². The summed E-state index contributed by atoms with van der Waals surface area (Å²) in [6.07, 6.45) is 5.07. The quantitative estimate of drug-likeness (QED) is 0.398. The smallest absolute Gasteiger partial charge is 0.273 e. The molecule has 4 amide bonds. The van der Waals surface area contributed by atoms with Crippen molar-refractivity contribution in [2.45, 2.75) is 58.0 Å². The molecule has 222 valence electrons. The first kappa shape index (κ1) is 29.4. The van der Waals surface area contributed by atoms with E-state index in [-0.39, 0.29) is 54.6 Å². The summed E-state index contributed by atoms with van der Waals surface area (Å²) >= 11 is 1.29. The highest BCUT2D eigenvalue weighted by molar-refractivity contribution is 7.09. The van der Waals surface area contributed by atoms with E-state index < -0.39 is 23.9 Å². The van der Waals surface area contributed by atoms with E-state index in [0.29, 0.717) is 23.8 Å². The van der Waals surface area contributed by atoms with Crippen molar-refractivity contribution in [2.75, 3.05) is 19.6 Å². The number of amides is 4. The SMILES string of the molecule is CC(C)[C@@H]1NC(=O)CN(C(=O)CCC2CC2)CCNC(=O)c2coc(n2)[C@H](Cc2ccccc2)NC(=O)c2csc1n2. The molecule has 5 rings (SSSR count). The average molecular weight is 593 g/mol. The van der Waals surface area contributed by atoms with Crippen LogP contribution in [0.1, 0.15) is 89.1 Å². The van der Waals surface area contributed by atoms with Crippen molar-refractivity contribution in [3.8, 4) is 0 Å². The Kier molecular flexibility index (Phi) is 9.31. The zero-order valence-corrected chi connectivity index (χ0v) is 24.6. The summed E-state index contributed by atoms with van der Waals surface area (Å²) in [6, 6.07) is 8.47. The van der Waals surface area contributed by atoms with Gasteiger partial charge in [0.15, 0.2) is 5.69 Å². The highest BCUT2D eigenvalue weighted by atomic mass is 32.1. The van der Waals surface area contributed by atoms with Gasteiger partial charge in [-0.1, -0.05) is 57.0 Å². The third kappa shape index (κ3) is 7.61. The molecule has 1 aromatic carbocycles. The lowest BCUT2D eigenvalue weighted by molar-refractivity contribution is -0.136. The molecule has 3 aromatic rings. The number of thiazole rings is 1. The van der Waals surface area contributed by atoms with E-state index in [0.717, 1.165) is 24.8 Å². The van der Waals surface area contributed by atoms with Gasteiger partial charge in [0.05, 0.1) is 12.6 Å². The predicted molar refractivity (Wildman–Crippen MR) is 156 cm³/mol. The third-order valence-corrected chi connectivity index (χ3v) is 8.39. The molecule has 0 saturated heterocycles. The fraction of sp³-hybridized carbons (Fsp3) is 0.467. The maximum Gasteiger partial charge on any atom is 0.273 e. The van der Waals surface area contributed by atoms with Gasteiger partial charge in [-0.05, 0) is 23.8 Å². The van der Waals surface area contributed by atoms with Gasteiger partial charge in [-0.15, -0.1) is 11.3 Å². The van der Waals surface area contributed by atoms with Crippen LogP contribution in [-0.2, 0) is 16.0 Å². The number of fused-ring (bicyclic) bond motifs is 4. The number of hydrogen-bond acceptors (Lipinski definition) is 8. The van der Waals surface area contributed by atoms with Gasteiger partial charge in [0, 0.05) is 31.3 Å². The molecule has 2 aliphatic rings. The van der Waals surface area contributed by atoms with Crippen LogP contribution >= 0.6 is 11.3 Å². The van der Waals surface area contributed by atoms with Crippen LogP contribution in [0, 0.1) is 11.8 Å². The predicted octanol–water partition coefficient (Wildman–Crippen LogP) is 3.42. The molecule has 0 radical (unpaired) electrons.